The first-order valence-corrected chi connectivity index (χ1v) is 8.98. The number of carbonyl (C=O) groups is 1. The van der Waals surface area contributed by atoms with Crippen LogP contribution in [-0.2, 0) is 16.0 Å². The molecule has 1 aliphatic heterocycles. The Labute approximate surface area is 146 Å². The molecule has 1 saturated heterocycles. The molecule has 0 spiro atoms. The topological polar surface area (TPSA) is 77.2 Å². The van der Waals surface area contributed by atoms with E-state index in [-0.39, 0.29) is 5.91 Å². The number of nitrogens with two attached hydrogens (primary N) is 1. The van der Waals surface area contributed by atoms with Crippen LogP contribution in [0.3, 0.4) is 0 Å². The number of benzene rings is 1. The summed E-state index contributed by atoms with van der Waals surface area (Å²) in [5.74, 6) is -0.165. The van der Waals surface area contributed by atoms with Gasteiger partial charge in [-0.05, 0) is 32.3 Å². The molecule has 2 heterocycles. The fourth-order valence-electron chi connectivity index (χ4n) is 2.72. The van der Waals surface area contributed by atoms with E-state index >= 15 is 0 Å². The molecule has 0 saturated carbocycles. The van der Waals surface area contributed by atoms with E-state index in [9.17, 15) is 4.79 Å². The van der Waals surface area contributed by atoms with Gasteiger partial charge in [0.05, 0.1) is 5.69 Å². The highest BCUT2D eigenvalue weighted by molar-refractivity contribution is 7.15. The van der Waals surface area contributed by atoms with Crippen LogP contribution in [0.1, 0.15) is 34.5 Å². The van der Waals surface area contributed by atoms with Gasteiger partial charge in [0.1, 0.15) is 5.54 Å². The average Bonchev–Trinajstić information content (AvgIpc) is 2.90. The Morgan fingerprint density at radius 2 is 1.96 bits per heavy atom. The van der Waals surface area contributed by atoms with Gasteiger partial charge in [0.15, 0.2) is 5.13 Å². The molecule has 1 aliphatic rings. The highest BCUT2D eigenvalue weighted by Crippen LogP contribution is 2.27. The van der Waals surface area contributed by atoms with E-state index < -0.39 is 5.54 Å². The summed E-state index contributed by atoms with van der Waals surface area (Å²) >= 11 is 1.52. The molecule has 24 heavy (non-hydrogen) atoms. The molecule has 1 aromatic carbocycles. The fraction of sp³-hybridized carbons (Fsp3) is 0.444. The predicted octanol–water partition coefficient (Wildman–Crippen LogP) is 2.80. The summed E-state index contributed by atoms with van der Waals surface area (Å²) in [6, 6.07) is 8.47. The number of thiazole rings is 1. The van der Waals surface area contributed by atoms with Gasteiger partial charge in [0.2, 0.25) is 5.91 Å². The standard InChI is InChI=1S/C18H23N3O2S/c1-12-3-5-14(6-4-12)11-15-13(2)20-17(24-15)21-16(22)18(19)7-9-23-10-8-18/h3-6H,7-11,19H2,1-2H3,(H,20,21,22). The molecule has 0 unspecified atom stereocenters. The zero-order valence-corrected chi connectivity index (χ0v) is 14.9. The van der Waals surface area contributed by atoms with Crippen LogP contribution >= 0.6 is 11.3 Å². The molecule has 1 aromatic heterocycles. The molecule has 3 rings (SSSR count). The van der Waals surface area contributed by atoms with Crippen molar-refractivity contribution < 1.29 is 9.53 Å². The maximum absolute atomic E-state index is 12.5. The van der Waals surface area contributed by atoms with Gasteiger partial charge in [0, 0.05) is 24.5 Å². The molecule has 128 valence electrons. The minimum Gasteiger partial charge on any atom is -0.381 e. The second kappa shape index (κ2) is 7.01. The van der Waals surface area contributed by atoms with Crippen LogP contribution in [0.5, 0.6) is 0 Å². The molecular weight excluding hydrogens is 322 g/mol. The minimum atomic E-state index is -0.852. The third-order valence-electron chi connectivity index (χ3n) is 4.44. The van der Waals surface area contributed by atoms with Crippen LogP contribution in [0, 0.1) is 13.8 Å². The molecule has 0 radical (unpaired) electrons. The number of ether oxygens (including phenoxy) is 1. The normalized spacial score (nSPS) is 16.8. The number of rotatable bonds is 4. The van der Waals surface area contributed by atoms with Crippen molar-refractivity contribution >= 4 is 22.4 Å². The number of anilines is 1. The Kier molecular flexibility index (Phi) is 4.99. The minimum absolute atomic E-state index is 0.165. The quantitative estimate of drug-likeness (QED) is 0.893. The highest BCUT2D eigenvalue weighted by atomic mass is 32.1. The number of aromatic nitrogens is 1. The van der Waals surface area contributed by atoms with E-state index in [1.807, 2.05) is 6.92 Å². The van der Waals surface area contributed by atoms with Gasteiger partial charge in [-0.2, -0.15) is 0 Å². The van der Waals surface area contributed by atoms with Crippen LogP contribution < -0.4 is 11.1 Å². The third kappa shape index (κ3) is 3.83. The number of nitrogens with zero attached hydrogens (tertiary/aromatic N) is 1. The first-order chi connectivity index (χ1) is 11.5. The van der Waals surface area contributed by atoms with Gasteiger partial charge in [-0.3, -0.25) is 4.79 Å². The Hall–Kier alpha value is -1.76. The number of carbonyl (C=O) groups excluding carboxylic acids is 1. The number of hydrogen-bond acceptors (Lipinski definition) is 5. The highest BCUT2D eigenvalue weighted by Gasteiger charge is 2.36. The molecule has 0 atom stereocenters. The smallest absolute Gasteiger partial charge is 0.246 e. The fourth-order valence-corrected chi connectivity index (χ4v) is 3.71. The molecule has 0 bridgehead atoms. The van der Waals surface area contributed by atoms with Gasteiger partial charge < -0.3 is 15.8 Å². The SMILES string of the molecule is Cc1ccc(Cc2sc(NC(=O)C3(N)CCOCC3)nc2C)cc1. The molecule has 2 aromatic rings. The Bertz CT molecular complexity index is 718. The Morgan fingerprint density at radius 3 is 2.62 bits per heavy atom. The van der Waals surface area contributed by atoms with E-state index in [2.05, 4.69) is 41.5 Å². The van der Waals surface area contributed by atoms with Crippen molar-refractivity contribution in [2.75, 3.05) is 18.5 Å². The van der Waals surface area contributed by atoms with Crippen LogP contribution in [0.4, 0.5) is 5.13 Å². The largest absolute Gasteiger partial charge is 0.381 e. The van der Waals surface area contributed by atoms with Crippen LogP contribution in [-0.4, -0.2) is 29.6 Å². The lowest BCUT2D eigenvalue weighted by Gasteiger charge is -2.31. The Balaban J connectivity index is 1.69. The molecule has 3 N–H and O–H groups in total. The van der Waals surface area contributed by atoms with Crippen molar-refractivity contribution in [1.82, 2.24) is 4.98 Å². The lowest BCUT2D eigenvalue weighted by Crippen LogP contribution is -2.54. The maximum Gasteiger partial charge on any atom is 0.246 e. The summed E-state index contributed by atoms with van der Waals surface area (Å²) in [6.45, 7) is 5.11. The second-order valence-electron chi connectivity index (χ2n) is 6.41. The van der Waals surface area contributed by atoms with Crippen LogP contribution in [0.15, 0.2) is 24.3 Å². The first kappa shape index (κ1) is 17.1. The zero-order valence-electron chi connectivity index (χ0n) is 14.1. The van der Waals surface area contributed by atoms with Gasteiger partial charge in [-0.25, -0.2) is 4.98 Å². The van der Waals surface area contributed by atoms with Crippen molar-refractivity contribution in [3.63, 3.8) is 0 Å². The van der Waals surface area contributed by atoms with E-state index in [4.69, 9.17) is 10.5 Å². The Morgan fingerprint density at radius 1 is 1.29 bits per heavy atom. The monoisotopic (exact) mass is 345 g/mol. The van der Waals surface area contributed by atoms with Crippen molar-refractivity contribution in [3.8, 4) is 0 Å². The second-order valence-corrected chi connectivity index (χ2v) is 7.50. The van der Waals surface area contributed by atoms with Gasteiger partial charge in [0.25, 0.3) is 0 Å². The number of amides is 1. The molecule has 5 nitrogen and oxygen atoms in total. The van der Waals surface area contributed by atoms with Crippen molar-refractivity contribution in [2.24, 2.45) is 5.73 Å². The predicted molar refractivity (Wildman–Crippen MR) is 96.4 cm³/mol. The molecule has 1 fully saturated rings. The van der Waals surface area contributed by atoms with Crippen molar-refractivity contribution in [3.05, 3.63) is 46.0 Å². The van der Waals surface area contributed by atoms with E-state index in [1.54, 1.807) is 0 Å². The van der Waals surface area contributed by atoms with Crippen molar-refractivity contribution in [1.29, 1.82) is 0 Å². The lowest BCUT2D eigenvalue weighted by atomic mass is 9.90. The van der Waals surface area contributed by atoms with E-state index in [1.165, 1.54) is 22.5 Å². The van der Waals surface area contributed by atoms with Gasteiger partial charge >= 0.3 is 0 Å². The number of aryl methyl sites for hydroxylation is 2. The van der Waals surface area contributed by atoms with Crippen LogP contribution in [0.2, 0.25) is 0 Å². The molecule has 6 heteroatoms. The van der Waals surface area contributed by atoms with E-state index in [0.717, 1.165) is 17.0 Å². The maximum atomic E-state index is 12.5. The zero-order chi connectivity index (χ0) is 17.2. The molecule has 1 amide bonds. The summed E-state index contributed by atoms with van der Waals surface area (Å²) in [5.41, 5.74) is 8.81. The van der Waals surface area contributed by atoms with Gasteiger partial charge in [-0.15, -0.1) is 11.3 Å². The summed E-state index contributed by atoms with van der Waals surface area (Å²) < 4.78 is 5.29. The third-order valence-corrected chi connectivity index (χ3v) is 5.51. The summed E-state index contributed by atoms with van der Waals surface area (Å²) in [5, 5.41) is 3.52. The number of hydrogen-bond donors (Lipinski definition) is 2. The summed E-state index contributed by atoms with van der Waals surface area (Å²) in [7, 11) is 0. The summed E-state index contributed by atoms with van der Waals surface area (Å²) in [6.07, 6.45) is 1.90. The molecular formula is C18H23N3O2S. The average molecular weight is 345 g/mol. The first-order valence-electron chi connectivity index (χ1n) is 8.16. The summed E-state index contributed by atoms with van der Waals surface area (Å²) in [4.78, 5) is 18.1. The van der Waals surface area contributed by atoms with E-state index in [0.29, 0.717) is 31.2 Å². The lowest BCUT2D eigenvalue weighted by molar-refractivity contribution is -0.124. The van der Waals surface area contributed by atoms with Crippen LogP contribution in [0.25, 0.3) is 0 Å². The van der Waals surface area contributed by atoms with Crippen molar-refractivity contribution in [2.45, 2.75) is 38.6 Å². The van der Waals surface area contributed by atoms with Gasteiger partial charge in [-0.1, -0.05) is 29.8 Å². The number of nitrogens with one attached hydrogen (secondary N) is 1. The molecule has 0 aliphatic carbocycles.